The number of halogens is 1. The summed E-state index contributed by atoms with van der Waals surface area (Å²) in [6.07, 6.45) is 0.0614. The molecule has 1 saturated heterocycles. The second-order valence-electron chi connectivity index (χ2n) is 7.53. The van der Waals surface area contributed by atoms with Crippen molar-refractivity contribution < 1.29 is 14.0 Å². The molecule has 0 spiro atoms. The summed E-state index contributed by atoms with van der Waals surface area (Å²) in [5.41, 5.74) is 1.82. The van der Waals surface area contributed by atoms with Crippen LogP contribution in [0.1, 0.15) is 17.5 Å². The first-order valence-corrected chi connectivity index (χ1v) is 10.1. The van der Waals surface area contributed by atoms with Crippen LogP contribution in [0.3, 0.4) is 0 Å². The van der Waals surface area contributed by atoms with Gasteiger partial charge in [-0.15, -0.1) is 0 Å². The second-order valence-corrected chi connectivity index (χ2v) is 7.53. The van der Waals surface area contributed by atoms with Crippen LogP contribution in [0, 0.1) is 5.82 Å². The average molecular weight is 405 g/mol. The fourth-order valence-corrected chi connectivity index (χ4v) is 3.92. The summed E-state index contributed by atoms with van der Waals surface area (Å²) < 4.78 is 13.3. The minimum absolute atomic E-state index is 0.0614. The van der Waals surface area contributed by atoms with Crippen molar-refractivity contribution in [2.45, 2.75) is 25.6 Å². The van der Waals surface area contributed by atoms with Crippen LogP contribution in [0.15, 0.2) is 66.7 Å². The highest BCUT2D eigenvalue weighted by Crippen LogP contribution is 2.22. The second kappa shape index (κ2) is 9.05. The van der Waals surface area contributed by atoms with Crippen LogP contribution in [0.2, 0.25) is 0 Å². The maximum Gasteiger partial charge on any atom is 0.237 e. The molecule has 1 unspecified atom stereocenters. The molecule has 2 amide bonds. The normalized spacial score (nSPS) is 17.0. The molecule has 0 saturated carbocycles. The van der Waals surface area contributed by atoms with E-state index in [0.29, 0.717) is 25.2 Å². The quantitative estimate of drug-likeness (QED) is 0.663. The van der Waals surface area contributed by atoms with Gasteiger partial charge in [-0.1, -0.05) is 54.6 Å². The van der Waals surface area contributed by atoms with E-state index in [9.17, 15) is 14.0 Å². The van der Waals surface area contributed by atoms with Crippen LogP contribution in [0.5, 0.6) is 0 Å². The molecule has 1 fully saturated rings. The topological polar surface area (TPSA) is 61.4 Å². The van der Waals surface area contributed by atoms with E-state index < -0.39 is 6.04 Å². The van der Waals surface area contributed by atoms with Crippen molar-refractivity contribution in [3.63, 3.8) is 0 Å². The molecule has 154 valence electrons. The molecule has 0 aliphatic carbocycles. The minimum atomic E-state index is -0.537. The van der Waals surface area contributed by atoms with Gasteiger partial charge in [-0.05, 0) is 34.0 Å². The number of piperazine rings is 1. The van der Waals surface area contributed by atoms with Gasteiger partial charge in [-0.3, -0.25) is 14.5 Å². The Bertz CT molecular complexity index is 1060. The number of nitrogens with zero attached hydrogens (tertiary/aromatic N) is 1. The van der Waals surface area contributed by atoms with Gasteiger partial charge in [0.05, 0.1) is 12.5 Å². The van der Waals surface area contributed by atoms with Crippen molar-refractivity contribution in [2.75, 3.05) is 13.1 Å². The fourth-order valence-electron chi connectivity index (χ4n) is 3.92. The molecule has 5 nitrogen and oxygen atoms in total. The summed E-state index contributed by atoms with van der Waals surface area (Å²) in [7, 11) is 0. The Morgan fingerprint density at radius 3 is 2.77 bits per heavy atom. The van der Waals surface area contributed by atoms with E-state index in [1.807, 2.05) is 18.2 Å². The average Bonchev–Trinajstić information content (AvgIpc) is 2.75. The molecule has 1 aliphatic rings. The lowest BCUT2D eigenvalue weighted by Gasteiger charge is -2.35. The summed E-state index contributed by atoms with van der Waals surface area (Å²) in [6.45, 7) is 2.06. The highest BCUT2D eigenvalue weighted by molar-refractivity contribution is 5.89. The summed E-state index contributed by atoms with van der Waals surface area (Å²) >= 11 is 0. The highest BCUT2D eigenvalue weighted by atomic mass is 19.1. The molecule has 4 rings (SSSR count). The van der Waals surface area contributed by atoms with Crippen molar-refractivity contribution in [1.29, 1.82) is 0 Å². The van der Waals surface area contributed by atoms with Gasteiger partial charge in [0.1, 0.15) is 5.82 Å². The smallest absolute Gasteiger partial charge is 0.237 e. The van der Waals surface area contributed by atoms with E-state index in [0.717, 1.165) is 16.3 Å². The Labute approximate surface area is 174 Å². The van der Waals surface area contributed by atoms with E-state index in [1.54, 1.807) is 12.1 Å². The van der Waals surface area contributed by atoms with Crippen LogP contribution < -0.4 is 10.6 Å². The van der Waals surface area contributed by atoms with E-state index in [2.05, 4.69) is 39.8 Å². The molecule has 30 heavy (non-hydrogen) atoms. The molecule has 2 N–H and O–H groups in total. The van der Waals surface area contributed by atoms with Gasteiger partial charge in [0, 0.05) is 26.2 Å². The summed E-state index contributed by atoms with van der Waals surface area (Å²) in [5.74, 6) is -0.707. The Kier molecular flexibility index (Phi) is 6.05. The van der Waals surface area contributed by atoms with Crippen molar-refractivity contribution in [1.82, 2.24) is 15.5 Å². The maximum absolute atomic E-state index is 13.3. The van der Waals surface area contributed by atoms with Gasteiger partial charge >= 0.3 is 0 Å². The number of carbonyl (C=O) groups is 2. The predicted octanol–water partition coefficient (Wildman–Crippen LogP) is 2.99. The van der Waals surface area contributed by atoms with Gasteiger partial charge in [0.25, 0.3) is 0 Å². The summed E-state index contributed by atoms with van der Waals surface area (Å²) in [4.78, 5) is 27.1. The number of nitrogens with one attached hydrogen (secondary N) is 2. The first-order chi connectivity index (χ1) is 14.6. The lowest BCUT2D eigenvalue weighted by molar-refractivity contribution is -0.134. The van der Waals surface area contributed by atoms with Crippen LogP contribution in [-0.4, -0.2) is 35.8 Å². The highest BCUT2D eigenvalue weighted by Gasteiger charge is 2.31. The molecule has 3 aromatic rings. The third-order valence-electron chi connectivity index (χ3n) is 5.45. The molecular formula is C24H24FN3O2. The first-order valence-electron chi connectivity index (χ1n) is 10.1. The third kappa shape index (κ3) is 4.66. The van der Waals surface area contributed by atoms with E-state index in [-0.39, 0.29) is 30.6 Å². The Balaban J connectivity index is 1.45. The van der Waals surface area contributed by atoms with E-state index in [4.69, 9.17) is 0 Å². The van der Waals surface area contributed by atoms with Crippen LogP contribution in [-0.2, 0) is 22.7 Å². The predicted molar refractivity (Wildman–Crippen MR) is 114 cm³/mol. The lowest BCUT2D eigenvalue weighted by Crippen LogP contribution is -2.56. The zero-order valence-electron chi connectivity index (χ0n) is 16.6. The Morgan fingerprint density at radius 2 is 1.90 bits per heavy atom. The Hall–Kier alpha value is -3.25. The number of amides is 2. The lowest BCUT2D eigenvalue weighted by atomic mass is 10.0. The van der Waals surface area contributed by atoms with Gasteiger partial charge < -0.3 is 10.6 Å². The Morgan fingerprint density at radius 1 is 1.10 bits per heavy atom. The number of fused-ring (bicyclic) bond motifs is 1. The maximum atomic E-state index is 13.3. The van der Waals surface area contributed by atoms with Crippen LogP contribution in [0.4, 0.5) is 4.39 Å². The first kappa shape index (κ1) is 20.0. The molecule has 3 aromatic carbocycles. The molecular weight excluding hydrogens is 381 g/mol. The number of benzene rings is 3. The summed E-state index contributed by atoms with van der Waals surface area (Å²) in [5, 5.41) is 7.96. The standard InChI is InChI=1S/C24H24FN3O2/c25-20-9-3-5-17(13-20)15-27-23(29)14-22-24(30)26-11-12-28(22)16-19-8-4-7-18-6-1-2-10-21(18)19/h1-10,13,22H,11-12,14-16H2,(H,26,30)(H,27,29). The number of rotatable bonds is 6. The third-order valence-corrected chi connectivity index (χ3v) is 5.45. The van der Waals surface area contributed by atoms with Gasteiger partial charge in [-0.25, -0.2) is 4.39 Å². The minimum Gasteiger partial charge on any atom is -0.353 e. The van der Waals surface area contributed by atoms with E-state index >= 15 is 0 Å². The number of carbonyl (C=O) groups excluding carboxylic acids is 2. The molecule has 6 heteroatoms. The molecule has 0 aromatic heterocycles. The summed E-state index contributed by atoms with van der Waals surface area (Å²) in [6, 6.07) is 19.9. The molecule has 0 radical (unpaired) electrons. The molecule has 1 atom stereocenters. The van der Waals surface area contributed by atoms with Crippen molar-refractivity contribution in [2.24, 2.45) is 0 Å². The largest absolute Gasteiger partial charge is 0.353 e. The van der Waals surface area contributed by atoms with Crippen LogP contribution in [0.25, 0.3) is 10.8 Å². The monoisotopic (exact) mass is 405 g/mol. The molecule has 1 heterocycles. The molecule has 0 bridgehead atoms. The van der Waals surface area contributed by atoms with Crippen molar-refractivity contribution >= 4 is 22.6 Å². The molecule has 1 aliphatic heterocycles. The van der Waals surface area contributed by atoms with Gasteiger partial charge in [0.15, 0.2) is 0 Å². The SMILES string of the molecule is O=C(CC1C(=O)NCCN1Cc1cccc2ccccc12)NCc1cccc(F)c1. The van der Waals surface area contributed by atoms with Crippen molar-refractivity contribution in [3.8, 4) is 0 Å². The zero-order chi connectivity index (χ0) is 20.9. The van der Waals surface area contributed by atoms with Crippen molar-refractivity contribution in [3.05, 3.63) is 83.7 Å². The fraction of sp³-hybridized carbons (Fsp3) is 0.250. The van der Waals surface area contributed by atoms with Crippen LogP contribution >= 0.6 is 0 Å². The van der Waals surface area contributed by atoms with Gasteiger partial charge in [-0.2, -0.15) is 0 Å². The zero-order valence-corrected chi connectivity index (χ0v) is 16.6. The van der Waals surface area contributed by atoms with Gasteiger partial charge in [0.2, 0.25) is 11.8 Å². The van der Waals surface area contributed by atoms with E-state index in [1.165, 1.54) is 12.1 Å². The number of hydrogen-bond donors (Lipinski definition) is 2. The number of hydrogen-bond acceptors (Lipinski definition) is 3.